The number of hydrogen-bond donors (Lipinski definition) is 3. The predicted molar refractivity (Wildman–Crippen MR) is 84.4 cm³/mol. The number of aliphatic hydroxyl groups excluding tert-OH is 1. The van der Waals surface area contributed by atoms with Gasteiger partial charge in [-0.3, -0.25) is 9.59 Å². The van der Waals surface area contributed by atoms with Crippen LogP contribution >= 0.6 is 0 Å². The second-order valence-electron chi connectivity index (χ2n) is 4.95. The highest BCUT2D eigenvalue weighted by atomic mass is 19.1. The number of aliphatic hydroxyl groups is 1. The zero-order valence-electron chi connectivity index (χ0n) is 12.5. The van der Waals surface area contributed by atoms with Crippen molar-refractivity contribution in [1.29, 1.82) is 0 Å². The van der Waals surface area contributed by atoms with Crippen molar-refractivity contribution < 1.29 is 19.1 Å². The van der Waals surface area contributed by atoms with Gasteiger partial charge < -0.3 is 15.7 Å². The van der Waals surface area contributed by atoms with Crippen molar-refractivity contribution in [3.8, 4) is 0 Å². The fourth-order valence-corrected chi connectivity index (χ4v) is 2.09. The number of hydrogen-bond acceptors (Lipinski definition) is 3. The van der Waals surface area contributed by atoms with Gasteiger partial charge in [-0.15, -0.1) is 0 Å². The Hall–Kier alpha value is -2.73. The van der Waals surface area contributed by atoms with Crippen LogP contribution in [0.4, 0.5) is 10.1 Å². The predicted octanol–water partition coefficient (Wildman–Crippen LogP) is 2.25. The maximum Gasteiger partial charge on any atom is 0.254 e. The van der Waals surface area contributed by atoms with E-state index in [2.05, 4.69) is 10.6 Å². The molecule has 1 unspecified atom stereocenters. The Bertz CT molecular complexity index is 704. The lowest BCUT2D eigenvalue weighted by molar-refractivity contribution is -0.118. The molecule has 2 aromatic carbocycles. The third-order valence-electron chi connectivity index (χ3n) is 3.28. The highest BCUT2D eigenvalue weighted by Gasteiger charge is 2.15. The zero-order valence-corrected chi connectivity index (χ0v) is 12.5. The monoisotopic (exact) mass is 316 g/mol. The van der Waals surface area contributed by atoms with Crippen LogP contribution in [0.5, 0.6) is 0 Å². The zero-order chi connectivity index (χ0) is 16.8. The maximum absolute atomic E-state index is 13.6. The Morgan fingerprint density at radius 1 is 1.17 bits per heavy atom. The van der Waals surface area contributed by atoms with Crippen molar-refractivity contribution >= 4 is 17.5 Å². The lowest BCUT2D eigenvalue weighted by atomic mass is 10.1. The van der Waals surface area contributed by atoms with Gasteiger partial charge in [0.25, 0.3) is 5.91 Å². The topological polar surface area (TPSA) is 78.4 Å². The quantitative estimate of drug-likeness (QED) is 0.791. The van der Waals surface area contributed by atoms with Gasteiger partial charge in [0.1, 0.15) is 5.82 Å². The normalized spacial score (nSPS) is 11.6. The van der Waals surface area contributed by atoms with Crippen LogP contribution in [0.15, 0.2) is 48.5 Å². The number of carbonyl (C=O) groups excluding carboxylic acids is 2. The molecular formula is C17H17FN2O3. The minimum Gasteiger partial charge on any atom is -0.388 e. The summed E-state index contributed by atoms with van der Waals surface area (Å²) in [4.78, 5) is 23.5. The van der Waals surface area contributed by atoms with Crippen molar-refractivity contribution in [3.05, 3.63) is 65.5 Å². The van der Waals surface area contributed by atoms with Crippen LogP contribution in [0.25, 0.3) is 0 Å². The molecule has 0 aliphatic carbocycles. The van der Waals surface area contributed by atoms with Crippen LogP contribution in [-0.2, 0) is 4.79 Å². The van der Waals surface area contributed by atoms with E-state index in [1.54, 1.807) is 24.3 Å². The summed E-state index contributed by atoms with van der Waals surface area (Å²) >= 11 is 0. The summed E-state index contributed by atoms with van der Waals surface area (Å²) in [6, 6.07) is 12.5. The number of amides is 2. The van der Waals surface area contributed by atoms with E-state index in [0.29, 0.717) is 5.56 Å². The molecular weight excluding hydrogens is 299 g/mol. The van der Waals surface area contributed by atoms with E-state index in [1.807, 2.05) is 6.07 Å². The average molecular weight is 316 g/mol. The first-order valence-corrected chi connectivity index (χ1v) is 7.05. The minimum absolute atomic E-state index is 0.142. The molecule has 0 aliphatic rings. The minimum atomic E-state index is -0.935. The highest BCUT2D eigenvalue weighted by molar-refractivity contribution is 5.97. The lowest BCUT2D eigenvalue weighted by Gasteiger charge is -2.12. The van der Waals surface area contributed by atoms with E-state index in [1.165, 1.54) is 19.2 Å². The Morgan fingerprint density at radius 3 is 2.52 bits per heavy atom. The third kappa shape index (κ3) is 4.37. The van der Waals surface area contributed by atoms with Gasteiger partial charge >= 0.3 is 0 Å². The fraction of sp³-hybridized carbons (Fsp3) is 0.176. The van der Waals surface area contributed by atoms with Gasteiger partial charge in [-0.05, 0) is 23.8 Å². The molecule has 0 saturated heterocycles. The Kier molecular flexibility index (Phi) is 5.43. The summed E-state index contributed by atoms with van der Waals surface area (Å²) in [5, 5.41) is 14.9. The molecule has 0 radical (unpaired) electrons. The van der Waals surface area contributed by atoms with E-state index in [4.69, 9.17) is 0 Å². The Morgan fingerprint density at radius 2 is 1.87 bits per heavy atom. The lowest BCUT2D eigenvalue weighted by Crippen LogP contribution is -2.20. The van der Waals surface area contributed by atoms with Crippen molar-refractivity contribution in [2.45, 2.75) is 12.5 Å². The van der Waals surface area contributed by atoms with Crippen LogP contribution < -0.4 is 10.6 Å². The van der Waals surface area contributed by atoms with Gasteiger partial charge in [0.15, 0.2) is 0 Å². The molecule has 1 atom stereocenters. The molecule has 0 saturated carbocycles. The number of carbonyl (C=O) groups is 2. The van der Waals surface area contributed by atoms with E-state index < -0.39 is 23.7 Å². The molecule has 2 amide bonds. The van der Waals surface area contributed by atoms with Gasteiger partial charge in [0, 0.05) is 12.7 Å². The van der Waals surface area contributed by atoms with Gasteiger partial charge in [0.05, 0.1) is 18.1 Å². The number of rotatable bonds is 5. The fourth-order valence-electron chi connectivity index (χ4n) is 2.09. The molecule has 0 aliphatic heterocycles. The molecule has 0 bridgehead atoms. The largest absolute Gasteiger partial charge is 0.388 e. The van der Waals surface area contributed by atoms with Crippen LogP contribution in [-0.4, -0.2) is 24.0 Å². The molecule has 6 heteroatoms. The molecule has 2 rings (SSSR count). The van der Waals surface area contributed by atoms with Crippen molar-refractivity contribution in [2.24, 2.45) is 0 Å². The van der Waals surface area contributed by atoms with Crippen LogP contribution in [0, 0.1) is 5.82 Å². The van der Waals surface area contributed by atoms with E-state index in [0.717, 1.165) is 6.07 Å². The number of nitrogens with one attached hydrogen (secondary N) is 2. The van der Waals surface area contributed by atoms with E-state index in [-0.39, 0.29) is 17.7 Å². The molecule has 5 nitrogen and oxygen atoms in total. The number of benzene rings is 2. The Balaban J connectivity index is 2.04. The molecule has 0 heterocycles. The SMILES string of the molecule is CNC(=O)c1cc(NC(=O)CC(O)c2ccccc2)ccc1F. The highest BCUT2D eigenvalue weighted by Crippen LogP contribution is 2.19. The number of anilines is 1. The molecule has 0 fully saturated rings. The first-order chi connectivity index (χ1) is 11.0. The van der Waals surface area contributed by atoms with Crippen molar-refractivity contribution in [1.82, 2.24) is 5.32 Å². The molecule has 0 spiro atoms. The number of halogens is 1. The van der Waals surface area contributed by atoms with Crippen LogP contribution in [0.2, 0.25) is 0 Å². The van der Waals surface area contributed by atoms with Crippen LogP contribution in [0.1, 0.15) is 28.4 Å². The second-order valence-corrected chi connectivity index (χ2v) is 4.95. The molecule has 0 aromatic heterocycles. The van der Waals surface area contributed by atoms with E-state index >= 15 is 0 Å². The maximum atomic E-state index is 13.6. The average Bonchev–Trinajstić information content (AvgIpc) is 2.56. The summed E-state index contributed by atoms with van der Waals surface area (Å²) in [5.74, 6) is -1.69. The Labute approximate surface area is 133 Å². The third-order valence-corrected chi connectivity index (χ3v) is 3.28. The van der Waals surface area contributed by atoms with Crippen LogP contribution in [0.3, 0.4) is 0 Å². The first kappa shape index (κ1) is 16.6. The summed E-state index contributed by atoms with van der Waals surface area (Å²) in [6.45, 7) is 0. The molecule has 120 valence electrons. The summed E-state index contributed by atoms with van der Waals surface area (Å²) in [6.07, 6.45) is -1.08. The smallest absolute Gasteiger partial charge is 0.254 e. The molecule has 23 heavy (non-hydrogen) atoms. The summed E-state index contributed by atoms with van der Waals surface area (Å²) < 4.78 is 13.6. The second kappa shape index (κ2) is 7.51. The summed E-state index contributed by atoms with van der Waals surface area (Å²) in [7, 11) is 1.39. The van der Waals surface area contributed by atoms with Gasteiger partial charge in [-0.25, -0.2) is 4.39 Å². The van der Waals surface area contributed by atoms with Crippen molar-refractivity contribution in [3.63, 3.8) is 0 Å². The van der Waals surface area contributed by atoms with Crippen molar-refractivity contribution in [2.75, 3.05) is 12.4 Å². The standard InChI is InChI=1S/C17H17FN2O3/c1-19-17(23)13-9-12(7-8-14(13)18)20-16(22)10-15(21)11-5-3-2-4-6-11/h2-9,15,21H,10H2,1H3,(H,19,23)(H,20,22). The molecule has 2 aromatic rings. The van der Waals surface area contributed by atoms with Gasteiger partial charge in [-0.2, -0.15) is 0 Å². The van der Waals surface area contributed by atoms with E-state index in [9.17, 15) is 19.1 Å². The first-order valence-electron chi connectivity index (χ1n) is 7.05. The molecule has 3 N–H and O–H groups in total. The summed E-state index contributed by atoms with van der Waals surface area (Å²) in [5.41, 5.74) is 0.761. The van der Waals surface area contributed by atoms with Gasteiger partial charge in [0.2, 0.25) is 5.91 Å². The van der Waals surface area contributed by atoms with Gasteiger partial charge in [-0.1, -0.05) is 30.3 Å².